The molecule has 0 radical (unpaired) electrons. The fraction of sp³-hybridized carbons (Fsp3) is 0.455. The van der Waals surface area contributed by atoms with E-state index in [1.165, 1.54) is 38.8 Å². The highest BCUT2D eigenvalue weighted by molar-refractivity contribution is 14.1. The van der Waals surface area contributed by atoms with Gasteiger partial charge in [-0.1, -0.05) is 32.5 Å². The number of anilines is 1. The van der Waals surface area contributed by atoms with Crippen molar-refractivity contribution in [2.75, 3.05) is 12.3 Å². The molecule has 9 heteroatoms. The average Bonchev–Trinajstić information content (AvgIpc) is 3.29. The second kappa shape index (κ2) is 8.93. The van der Waals surface area contributed by atoms with Crippen molar-refractivity contribution in [3.05, 3.63) is 33.2 Å². The molecule has 0 aliphatic heterocycles. The van der Waals surface area contributed by atoms with E-state index in [0.717, 1.165) is 23.6 Å². The topological polar surface area (TPSA) is 98.7 Å². The zero-order valence-corrected chi connectivity index (χ0v) is 21.0. The minimum absolute atomic E-state index is 0.0526. The highest BCUT2D eigenvalue weighted by atomic mass is 127. The van der Waals surface area contributed by atoms with Crippen LogP contribution in [0.1, 0.15) is 44.7 Å². The van der Waals surface area contributed by atoms with Crippen LogP contribution in [0, 0.1) is 8.99 Å². The van der Waals surface area contributed by atoms with Crippen LogP contribution in [-0.4, -0.2) is 32.0 Å². The first-order chi connectivity index (χ1) is 14.7. The highest BCUT2D eigenvalue weighted by Gasteiger charge is 2.21. The van der Waals surface area contributed by atoms with Gasteiger partial charge in [-0.2, -0.15) is 0 Å². The van der Waals surface area contributed by atoms with Crippen molar-refractivity contribution >= 4 is 57.2 Å². The van der Waals surface area contributed by atoms with Crippen LogP contribution in [0.4, 0.5) is 5.82 Å². The largest absolute Gasteiger partial charge is 0.382 e. The van der Waals surface area contributed by atoms with E-state index in [1.54, 1.807) is 11.8 Å². The van der Waals surface area contributed by atoms with Crippen molar-refractivity contribution < 1.29 is 4.79 Å². The van der Waals surface area contributed by atoms with E-state index in [2.05, 4.69) is 54.6 Å². The van der Waals surface area contributed by atoms with Crippen molar-refractivity contribution in [2.45, 2.75) is 63.1 Å². The molecule has 1 aliphatic carbocycles. The molecule has 3 N–H and O–H groups in total. The third kappa shape index (κ3) is 4.82. The van der Waals surface area contributed by atoms with Crippen LogP contribution in [0.15, 0.2) is 28.5 Å². The number of hydrogen-bond acceptors (Lipinski definition) is 6. The number of imidazole rings is 1. The maximum atomic E-state index is 12.1. The van der Waals surface area contributed by atoms with Gasteiger partial charge in [0.1, 0.15) is 6.33 Å². The van der Waals surface area contributed by atoms with E-state index in [4.69, 9.17) is 10.7 Å². The summed E-state index contributed by atoms with van der Waals surface area (Å²) >= 11 is 4.05. The summed E-state index contributed by atoms with van der Waals surface area (Å²) in [5.41, 5.74) is 9.95. The molecule has 0 spiro atoms. The molecular weight excluding hydrogens is 523 g/mol. The monoisotopic (exact) mass is 550 g/mol. The van der Waals surface area contributed by atoms with Gasteiger partial charge in [-0.3, -0.25) is 4.79 Å². The van der Waals surface area contributed by atoms with Gasteiger partial charge in [0.05, 0.1) is 0 Å². The summed E-state index contributed by atoms with van der Waals surface area (Å²) in [6, 6.07) is 4.60. The summed E-state index contributed by atoms with van der Waals surface area (Å²) in [6.07, 6.45) is 5.78. The van der Waals surface area contributed by atoms with E-state index < -0.39 is 5.41 Å². The Bertz CT molecular complexity index is 1140. The molecule has 0 bridgehead atoms. The van der Waals surface area contributed by atoms with Crippen LogP contribution < -0.4 is 11.1 Å². The minimum atomic E-state index is -0.394. The van der Waals surface area contributed by atoms with Gasteiger partial charge in [-0.25, -0.2) is 15.0 Å². The molecule has 4 rings (SSSR count). The molecular formula is C22H27IN6OS. The van der Waals surface area contributed by atoms with Gasteiger partial charge in [-0.15, -0.1) is 0 Å². The quantitative estimate of drug-likeness (QED) is 0.353. The number of nitrogens with one attached hydrogen (secondary N) is 1. The molecule has 0 fully saturated rings. The van der Waals surface area contributed by atoms with Gasteiger partial charge in [-0.05, 0) is 71.5 Å². The predicted molar refractivity (Wildman–Crippen MR) is 132 cm³/mol. The van der Waals surface area contributed by atoms with Crippen molar-refractivity contribution in [1.82, 2.24) is 24.8 Å². The summed E-state index contributed by atoms with van der Waals surface area (Å²) < 4.78 is 3.32. The lowest BCUT2D eigenvalue weighted by molar-refractivity contribution is -0.128. The Morgan fingerprint density at radius 3 is 2.74 bits per heavy atom. The lowest BCUT2D eigenvalue weighted by atomic mass is 9.96. The number of rotatable bonds is 6. The Labute approximate surface area is 200 Å². The summed E-state index contributed by atoms with van der Waals surface area (Å²) in [7, 11) is 0. The number of halogens is 1. The minimum Gasteiger partial charge on any atom is -0.382 e. The molecule has 3 aromatic rings. The Kier molecular flexibility index (Phi) is 6.43. The van der Waals surface area contributed by atoms with Crippen molar-refractivity contribution in [3.63, 3.8) is 0 Å². The maximum Gasteiger partial charge on any atom is 0.225 e. The first-order valence-corrected chi connectivity index (χ1v) is 12.4. The molecule has 2 heterocycles. The number of aromatic nitrogens is 4. The number of benzene rings is 1. The standard InChI is InChI=1S/C22H27IN6OS/c1-22(2,3)20(30)25-8-5-9-29-19-17(18(24)26-12-27-19)28-21(29)31-16-11-14-7-4-6-13(14)10-15(16)23/h10-12H,4-9H2,1-3H3,(H,25,30)(H2,24,26,27). The summed E-state index contributed by atoms with van der Waals surface area (Å²) in [6.45, 7) is 7.02. The van der Waals surface area contributed by atoms with E-state index in [9.17, 15) is 4.79 Å². The van der Waals surface area contributed by atoms with E-state index >= 15 is 0 Å². The molecule has 1 aliphatic rings. The molecule has 0 saturated heterocycles. The first kappa shape index (κ1) is 22.3. The maximum absolute atomic E-state index is 12.1. The molecule has 0 unspecified atom stereocenters. The highest BCUT2D eigenvalue weighted by Crippen LogP contribution is 2.37. The number of hydrogen-bond donors (Lipinski definition) is 2. The molecule has 0 atom stereocenters. The number of nitrogen functional groups attached to an aromatic ring is 1. The predicted octanol–water partition coefficient (Wildman–Crippen LogP) is 4.21. The fourth-order valence-electron chi connectivity index (χ4n) is 3.67. The van der Waals surface area contributed by atoms with E-state index in [1.807, 2.05) is 20.8 Å². The van der Waals surface area contributed by atoms with E-state index in [0.29, 0.717) is 24.4 Å². The van der Waals surface area contributed by atoms with Crippen LogP contribution in [0.25, 0.3) is 11.2 Å². The average molecular weight is 550 g/mol. The smallest absolute Gasteiger partial charge is 0.225 e. The van der Waals surface area contributed by atoms with Gasteiger partial charge >= 0.3 is 0 Å². The number of nitrogens with zero attached hydrogens (tertiary/aromatic N) is 4. The van der Waals surface area contributed by atoms with E-state index in [-0.39, 0.29) is 5.91 Å². The number of aryl methyl sites for hydroxylation is 3. The fourth-order valence-corrected chi connectivity index (χ4v) is 5.51. The summed E-state index contributed by atoms with van der Waals surface area (Å²) in [5.74, 6) is 0.437. The van der Waals surface area contributed by atoms with Crippen LogP contribution >= 0.6 is 34.4 Å². The Morgan fingerprint density at radius 1 is 1.26 bits per heavy atom. The lowest BCUT2D eigenvalue weighted by Gasteiger charge is -2.17. The molecule has 1 aromatic carbocycles. The summed E-state index contributed by atoms with van der Waals surface area (Å²) in [5, 5.41) is 3.86. The third-order valence-electron chi connectivity index (χ3n) is 5.40. The van der Waals surface area contributed by atoms with Crippen molar-refractivity contribution in [3.8, 4) is 0 Å². The van der Waals surface area contributed by atoms with Gasteiger partial charge in [0, 0.05) is 27.0 Å². The van der Waals surface area contributed by atoms with Crippen LogP contribution in [0.5, 0.6) is 0 Å². The molecule has 0 saturated carbocycles. The first-order valence-electron chi connectivity index (χ1n) is 10.5. The second-order valence-electron chi connectivity index (χ2n) is 8.84. The van der Waals surface area contributed by atoms with Crippen molar-refractivity contribution in [2.24, 2.45) is 5.41 Å². The van der Waals surface area contributed by atoms with Crippen LogP contribution in [0.2, 0.25) is 0 Å². The number of carbonyl (C=O) groups is 1. The molecule has 164 valence electrons. The number of fused-ring (bicyclic) bond motifs is 2. The Morgan fingerprint density at radius 2 is 2.00 bits per heavy atom. The van der Waals surface area contributed by atoms with Gasteiger partial charge in [0.15, 0.2) is 22.1 Å². The zero-order chi connectivity index (χ0) is 22.2. The SMILES string of the molecule is CC(C)(C)C(=O)NCCCn1c(Sc2cc3c(cc2I)CCC3)nc2c(N)ncnc21. The molecule has 31 heavy (non-hydrogen) atoms. The third-order valence-corrected chi connectivity index (χ3v) is 7.71. The number of carbonyl (C=O) groups excluding carboxylic acids is 1. The van der Waals surface area contributed by atoms with Gasteiger partial charge in [0.2, 0.25) is 5.91 Å². The van der Waals surface area contributed by atoms with Gasteiger partial charge in [0.25, 0.3) is 0 Å². The van der Waals surface area contributed by atoms with Crippen LogP contribution in [0.3, 0.4) is 0 Å². The molecule has 7 nitrogen and oxygen atoms in total. The summed E-state index contributed by atoms with van der Waals surface area (Å²) in [4.78, 5) is 26.7. The molecule has 2 aromatic heterocycles. The van der Waals surface area contributed by atoms with Crippen molar-refractivity contribution in [1.29, 1.82) is 0 Å². The second-order valence-corrected chi connectivity index (χ2v) is 11.0. The zero-order valence-electron chi connectivity index (χ0n) is 18.0. The number of nitrogens with two attached hydrogens (primary N) is 1. The number of amides is 1. The Hall–Kier alpha value is -1.88. The lowest BCUT2D eigenvalue weighted by Crippen LogP contribution is -2.35. The van der Waals surface area contributed by atoms with Crippen LogP contribution in [-0.2, 0) is 24.2 Å². The Balaban J connectivity index is 1.58. The van der Waals surface area contributed by atoms with Gasteiger partial charge < -0.3 is 15.6 Å². The normalized spacial score (nSPS) is 13.5. The molecule has 1 amide bonds.